The minimum absolute atomic E-state index is 0.203. The number of rotatable bonds is 8. The lowest BCUT2D eigenvalue weighted by Crippen LogP contribution is -2.23. The van der Waals surface area contributed by atoms with E-state index < -0.39 is 0 Å². The Kier molecular flexibility index (Phi) is 6.30. The molecule has 3 aromatic heterocycles. The zero-order valence-corrected chi connectivity index (χ0v) is 17.7. The number of nitrogens with zero attached hydrogens (tertiary/aromatic N) is 6. The van der Waals surface area contributed by atoms with Crippen LogP contribution in [0.25, 0.3) is 11.5 Å². The summed E-state index contributed by atoms with van der Waals surface area (Å²) in [6, 6.07) is 12.6. The molecule has 3 heterocycles. The van der Waals surface area contributed by atoms with Crippen molar-refractivity contribution in [3.8, 4) is 17.3 Å². The summed E-state index contributed by atoms with van der Waals surface area (Å²) in [7, 11) is 3.45. The van der Waals surface area contributed by atoms with Crippen LogP contribution in [0.1, 0.15) is 21.9 Å². The molecule has 0 fully saturated rings. The van der Waals surface area contributed by atoms with Crippen molar-refractivity contribution in [3.05, 3.63) is 78.3 Å². The van der Waals surface area contributed by atoms with Crippen molar-refractivity contribution in [1.82, 2.24) is 35.0 Å². The van der Waals surface area contributed by atoms with Crippen LogP contribution in [0.5, 0.6) is 5.75 Å². The van der Waals surface area contributed by atoms with Crippen LogP contribution in [-0.4, -0.2) is 42.7 Å². The Morgan fingerprint density at radius 2 is 1.97 bits per heavy atom. The SMILES string of the molecule is COc1cccnc1CNC(=O)c1cccc(NCc2nnc(-c3ccncn3)n2C)c1. The van der Waals surface area contributed by atoms with Crippen molar-refractivity contribution < 1.29 is 9.53 Å². The molecule has 4 aromatic rings. The van der Waals surface area contributed by atoms with Crippen molar-refractivity contribution in [3.63, 3.8) is 0 Å². The number of aromatic nitrogens is 6. The molecular weight excluding hydrogens is 408 g/mol. The number of nitrogens with one attached hydrogen (secondary N) is 2. The highest BCUT2D eigenvalue weighted by Crippen LogP contribution is 2.17. The van der Waals surface area contributed by atoms with E-state index in [-0.39, 0.29) is 12.5 Å². The van der Waals surface area contributed by atoms with Crippen molar-refractivity contribution in [2.24, 2.45) is 7.05 Å². The molecule has 10 heteroatoms. The third kappa shape index (κ3) is 4.69. The van der Waals surface area contributed by atoms with Gasteiger partial charge >= 0.3 is 0 Å². The molecule has 0 radical (unpaired) electrons. The van der Waals surface area contributed by atoms with Gasteiger partial charge in [0.1, 0.15) is 23.5 Å². The fourth-order valence-corrected chi connectivity index (χ4v) is 3.12. The molecule has 1 aromatic carbocycles. The van der Waals surface area contributed by atoms with Crippen LogP contribution < -0.4 is 15.4 Å². The summed E-state index contributed by atoms with van der Waals surface area (Å²) in [6.07, 6.45) is 4.80. The molecule has 0 atom stereocenters. The van der Waals surface area contributed by atoms with Crippen LogP contribution in [0, 0.1) is 0 Å². The van der Waals surface area contributed by atoms with Crippen LogP contribution in [0.3, 0.4) is 0 Å². The molecule has 0 aliphatic rings. The molecule has 1 amide bonds. The van der Waals surface area contributed by atoms with Crippen LogP contribution in [0.4, 0.5) is 5.69 Å². The van der Waals surface area contributed by atoms with Gasteiger partial charge in [-0.3, -0.25) is 9.78 Å². The van der Waals surface area contributed by atoms with Crippen LogP contribution >= 0.6 is 0 Å². The molecule has 10 nitrogen and oxygen atoms in total. The number of hydrogen-bond donors (Lipinski definition) is 2. The van der Waals surface area contributed by atoms with E-state index in [9.17, 15) is 4.79 Å². The van der Waals surface area contributed by atoms with Gasteiger partial charge in [-0.1, -0.05) is 6.07 Å². The first kappa shape index (κ1) is 20.9. The fraction of sp³-hybridized carbons (Fsp3) is 0.182. The second-order valence-electron chi connectivity index (χ2n) is 6.86. The predicted octanol–water partition coefficient (Wildman–Crippen LogP) is 2.22. The van der Waals surface area contributed by atoms with Gasteiger partial charge in [-0.05, 0) is 36.4 Å². The Bertz CT molecular complexity index is 1210. The summed E-state index contributed by atoms with van der Waals surface area (Å²) in [5.41, 5.74) is 2.69. The maximum Gasteiger partial charge on any atom is 0.251 e. The molecule has 0 unspecified atom stereocenters. The summed E-state index contributed by atoms with van der Waals surface area (Å²) < 4.78 is 7.14. The molecule has 162 valence electrons. The third-order valence-electron chi connectivity index (χ3n) is 4.84. The highest BCUT2D eigenvalue weighted by atomic mass is 16.5. The fourth-order valence-electron chi connectivity index (χ4n) is 3.12. The normalized spacial score (nSPS) is 10.6. The molecule has 0 aliphatic carbocycles. The molecule has 0 aliphatic heterocycles. The van der Waals surface area contributed by atoms with E-state index in [1.54, 1.807) is 43.8 Å². The predicted molar refractivity (Wildman–Crippen MR) is 118 cm³/mol. The quantitative estimate of drug-likeness (QED) is 0.437. The van der Waals surface area contributed by atoms with E-state index in [4.69, 9.17) is 4.74 Å². The maximum absolute atomic E-state index is 12.6. The van der Waals surface area contributed by atoms with E-state index in [2.05, 4.69) is 35.8 Å². The molecule has 2 N–H and O–H groups in total. The van der Waals surface area contributed by atoms with Crippen molar-refractivity contribution >= 4 is 11.6 Å². The molecule has 0 spiro atoms. The van der Waals surface area contributed by atoms with E-state index in [0.717, 1.165) is 11.5 Å². The van der Waals surface area contributed by atoms with E-state index >= 15 is 0 Å². The molecule has 4 rings (SSSR count). The lowest BCUT2D eigenvalue weighted by atomic mass is 10.2. The minimum Gasteiger partial charge on any atom is -0.495 e. The van der Waals surface area contributed by atoms with Crippen LogP contribution in [0.15, 0.2) is 61.2 Å². The highest BCUT2D eigenvalue weighted by molar-refractivity contribution is 5.95. The average Bonchev–Trinajstić information content (AvgIpc) is 3.22. The molecular formula is C22H22N8O2. The Labute approximate surface area is 184 Å². The largest absolute Gasteiger partial charge is 0.495 e. The summed E-state index contributed by atoms with van der Waals surface area (Å²) >= 11 is 0. The zero-order chi connectivity index (χ0) is 22.3. The zero-order valence-electron chi connectivity index (χ0n) is 17.7. The lowest BCUT2D eigenvalue weighted by Gasteiger charge is -2.10. The van der Waals surface area contributed by atoms with Crippen LogP contribution in [-0.2, 0) is 20.1 Å². The standard InChI is InChI=1S/C22H22N8O2/c1-30-20(28-29-21(30)17-8-10-23-14-27-17)13-25-16-6-3-5-15(11-16)22(31)26-12-18-19(32-2)7-4-9-24-18/h3-11,14,25H,12-13H2,1-2H3,(H,26,31). The Balaban J connectivity index is 1.39. The van der Waals surface area contributed by atoms with Gasteiger partial charge < -0.3 is 19.9 Å². The average molecular weight is 430 g/mol. The molecule has 32 heavy (non-hydrogen) atoms. The third-order valence-corrected chi connectivity index (χ3v) is 4.84. The highest BCUT2D eigenvalue weighted by Gasteiger charge is 2.12. The lowest BCUT2D eigenvalue weighted by molar-refractivity contribution is 0.0950. The van der Waals surface area contributed by atoms with E-state index in [1.165, 1.54) is 6.33 Å². The van der Waals surface area contributed by atoms with Gasteiger partial charge in [0, 0.05) is 30.7 Å². The number of carbonyl (C=O) groups excluding carboxylic acids is 1. The number of amides is 1. The van der Waals surface area contributed by atoms with E-state index in [1.807, 2.05) is 29.8 Å². The van der Waals surface area contributed by atoms with Gasteiger partial charge in [0.15, 0.2) is 11.6 Å². The summed E-state index contributed by atoms with van der Waals surface area (Å²) in [4.78, 5) is 25.0. The number of methoxy groups -OCH3 is 1. The molecule has 0 saturated heterocycles. The number of anilines is 1. The first-order chi connectivity index (χ1) is 15.7. The number of hydrogen-bond acceptors (Lipinski definition) is 8. The van der Waals surface area contributed by atoms with Gasteiger partial charge in [-0.25, -0.2) is 9.97 Å². The summed E-state index contributed by atoms with van der Waals surface area (Å²) in [6.45, 7) is 0.704. The summed E-state index contributed by atoms with van der Waals surface area (Å²) in [5, 5.41) is 14.6. The molecule has 0 saturated carbocycles. The van der Waals surface area contributed by atoms with Gasteiger partial charge in [0.25, 0.3) is 5.91 Å². The minimum atomic E-state index is -0.203. The van der Waals surface area contributed by atoms with Crippen molar-refractivity contribution in [2.75, 3.05) is 12.4 Å². The topological polar surface area (TPSA) is 120 Å². The Hall–Kier alpha value is -4.34. The number of carbonyl (C=O) groups is 1. The Morgan fingerprint density at radius 1 is 1.06 bits per heavy atom. The monoisotopic (exact) mass is 430 g/mol. The Morgan fingerprint density at radius 3 is 2.78 bits per heavy atom. The number of benzene rings is 1. The number of pyridine rings is 1. The first-order valence-corrected chi connectivity index (χ1v) is 9.90. The summed E-state index contributed by atoms with van der Waals surface area (Å²) in [5.74, 6) is 1.82. The second-order valence-corrected chi connectivity index (χ2v) is 6.86. The van der Waals surface area contributed by atoms with Gasteiger partial charge in [0.2, 0.25) is 0 Å². The smallest absolute Gasteiger partial charge is 0.251 e. The number of ether oxygens (including phenoxy) is 1. The maximum atomic E-state index is 12.6. The molecule has 0 bridgehead atoms. The second kappa shape index (κ2) is 9.65. The van der Waals surface area contributed by atoms with E-state index in [0.29, 0.717) is 35.1 Å². The van der Waals surface area contributed by atoms with Crippen molar-refractivity contribution in [1.29, 1.82) is 0 Å². The van der Waals surface area contributed by atoms with Crippen LogP contribution in [0.2, 0.25) is 0 Å². The van der Waals surface area contributed by atoms with Crippen molar-refractivity contribution in [2.45, 2.75) is 13.1 Å². The van der Waals surface area contributed by atoms with Gasteiger partial charge in [0.05, 0.1) is 20.2 Å². The first-order valence-electron chi connectivity index (χ1n) is 9.90. The van der Waals surface area contributed by atoms with Gasteiger partial charge in [-0.15, -0.1) is 10.2 Å². The van der Waals surface area contributed by atoms with Gasteiger partial charge in [-0.2, -0.15) is 0 Å².